The van der Waals surface area contributed by atoms with Crippen LogP contribution in [0.4, 0.5) is 0 Å². The highest BCUT2D eigenvalue weighted by atomic mass is 32.1. The first-order valence-corrected chi connectivity index (χ1v) is 10.8. The summed E-state index contributed by atoms with van der Waals surface area (Å²) in [6.07, 6.45) is 0.735. The van der Waals surface area contributed by atoms with Gasteiger partial charge in [-0.25, -0.2) is 9.67 Å². The number of carbonyl (C=O) groups excluding carboxylic acids is 2. The minimum atomic E-state index is -0.877. The largest absolute Gasteiger partial charge is 0.485 e. The Bertz CT molecular complexity index is 1300. The van der Waals surface area contributed by atoms with Crippen LogP contribution in [-0.2, 0) is 11.3 Å². The summed E-state index contributed by atoms with van der Waals surface area (Å²) in [4.78, 5) is 31.0. The van der Waals surface area contributed by atoms with Gasteiger partial charge < -0.3 is 9.47 Å². The molecule has 0 saturated heterocycles. The molecule has 5 rings (SSSR count). The second-order valence-electron chi connectivity index (χ2n) is 7.24. The number of amides is 2. The second-order valence-corrected chi connectivity index (χ2v) is 8.27. The molecule has 2 amide bonds. The van der Waals surface area contributed by atoms with E-state index in [2.05, 4.69) is 20.9 Å². The zero-order chi connectivity index (χ0) is 22.1. The van der Waals surface area contributed by atoms with Crippen molar-refractivity contribution in [3.63, 3.8) is 0 Å². The maximum absolute atomic E-state index is 12.9. The number of carbonyl (C=O) groups is 2. The highest BCUT2D eigenvalue weighted by molar-refractivity contribution is 7.09. The fourth-order valence-electron chi connectivity index (χ4n) is 3.44. The van der Waals surface area contributed by atoms with Gasteiger partial charge in [-0.3, -0.25) is 20.4 Å². The van der Waals surface area contributed by atoms with Crippen molar-refractivity contribution in [3.8, 4) is 11.5 Å². The number of pyridine rings is 1. The Morgan fingerprint density at radius 2 is 2.03 bits per heavy atom. The molecule has 32 heavy (non-hydrogen) atoms. The number of aromatic nitrogens is 3. The molecular formula is C22H19N5O4S. The van der Waals surface area contributed by atoms with Gasteiger partial charge in [0.1, 0.15) is 6.61 Å². The molecular weight excluding hydrogens is 430 g/mol. The van der Waals surface area contributed by atoms with Crippen LogP contribution in [0.5, 0.6) is 11.5 Å². The first kappa shape index (κ1) is 20.0. The summed E-state index contributed by atoms with van der Waals surface area (Å²) in [5.74, 6) is 0.0783. The number of nitrogens with one attached hydrogen (secondary N) is 2. The number of para-hydroxylation sites is 2. The highest BCUT2D eigenvalue weighted by Crippen LogP contribution is 2.30. The van der Waals surface area contributed by atoms with Crippen molar-refractivity contribution in [1.29, 1.82) is 0 Å². The number of thiophene rings is 1. The minimum absolute atomic E-state index is 0.0484. The average Bonchev–Trinajstić information content (AvgIpc) is 3.47. The van der Waals surface area contributed by atoms with E-state index in [-0.39, 0.29) is 6.61 Å². The first-order valence-electron chi connectivity index (χ1n) is 9.93. The van der Waals surface area contributed by atoms with E-state index < -0.39 is 17.9 Å². The lowest BCUT2D eigenvalue weighted by Crippen LogP contribution is -2.50. The van der Waals surface area contributed by atoms with Gasteiger partial charge in [0.05, 0.1) is 23.7 Å². The van der Waals surface area contributed by atoms with Crippen LogP contribution in [0, 0.1) is 6.92 Å². The monoisotopic (exact) mass is 449 g/mol. The number of aryl methyl sites for hydroxylation is 1. The van der Waals surface area contributed by atoms with Gasteiger partial charge in [0.15, 0.2) is 17.1 Å². The molecule has 9 nitrogen and oxygen atoms in total. The third kappa shape index (κ3) is 3.87. The summed E-state index contributed by atoms with van der Waals surface area (Å²) in [5.41, 5.74) is 6.52. The predicted molar refractivity (Wildman–Crippen MR) is 118 cm³/mol. The van der Waals surface area contributed by atoms with Gasteiger partial charge in [0, 0.05) is 10.6 Å². The van der Waals surface area contributed by atoms with Gasteiger partial charge in [-0.15, -0.1) is 11.3 Å². The van der Waals surface area contributed by atoms with Crippen molar-refractivity contribution < 1.29 is 19.1 Å². The lowest BCUT2D eigenvalue weighted by molar-refractivity contribution is -0.131. The molecule has 162 valence electrons. The molecule has 0 fully saturated rings. The lowest BCUT2D eigenvalue weighted by atomic mass is 10.1. The first-order chi connectivity index (χ1) is 15.6. The van der Waals surface area contributed by atoms with E-state index in [1.807, 2.05) is 30.5 Å². The summed E-state index contributed by atoms with van der Waals surface area (Å²) in [5, 5.41) is 7.00. The number of hydrogen-bond donors (Lipinski definition) is 2. The van der Waals surface area contributed by atoms with E-state index in [0.717, 1.165) is 4.88 Å². The van der Waals surface area contributed by atoms with Crippen molar-refractivity contribution in [3.05, 3.63) is 70.2 Å². The zero-order valence-electron chi connectivity index (χ0n) is 17.1. The summed E-state index contributed by atoms with van der Waals surface area (Å²) in [6, 6.07) is 12.8. The van der Waals surface area contributed by atoms with Gasteiger partial charge in [-0.2, -0.15) is 5.10 Å². The molecule has 4 heterocycles. The fraction of sp³-hybridized carbons (Fsp3) is 0.182. The summed E-state index contributed by atoms with van der Waals surface area (Å²) >= 11 is 1.63. The molecule has 2 N–H and O–H groups in total. The van der Waals surface area contributed by atoms with E-state index >= 15 is 0 Å². The predicted octanol–water partition coefficient (Wildman–Crippen LogP) is 2.45. The molecule has 4 aromatic rings. The molecule has 0 radical (unpaired) electrons. The molecule has 0 unspecified atom stereocenters. The Morgan fingerprint density at radius 1 is 1.19 bits per heavy atom. The quantitative estimate of drug-likeness (QED) is 0.464. The van der Waals surface area contributed by atoms with Crippen LogP contribution >= 0.6 is 11.3 Å². The molecule has 1 aromatic carbocycles. The Labute approximate surface area is 186 Å². The molecule has 0 bridgehead atoms. The Balaban J connectivity index is 1.30. The number of ether oxygens (including phenoxy) is 2. The van der Waals surface area contributed by atoms with E-state index in [1.54, 1.807) is 46.5 Å². The van der Waals surface area contributed by atoms with Crippen molar-refractivity contribution in [2.75, 3.05) is 6.61 Å². The van der Waals surface area contributed by atoms with Gasteiger partial charge in [0.2, 0.25) is 6.10 Å². The minimum Gasteiger partial charge on any atom is -0.485 e. The smallest absolute Gasteiger partial charge is 0.283 e. The van der Waals surface area contributed by atoms with Gasteiger partial charge >= 0.3 is 0 Å². The molecule has 1 atom stereocenters. The van der Waals surface area contributed by atoms with Gasteiger partial charge in [-0.1, -0.05) is 18.2 Å². The van der Waals surface area contributed by atoms with Crippen LogP contribution in [0.1, 0.15) is 20.9 Å². The van der Waals surface area contributed by atoms with Crippen molar-refractivity contribution in [1.82, 2.24) is 25.6 Å². The lowest BCUT2D eigenvalue weighted by Gasteiger charge is -2.25. The number of fused-ring (bicyclic) bond motifs is 2. The van der Waals surface area contributed by atoms with Crippen LogP contribution in [0.3, 0.4) is 0 Å². The third-order valence-electron chi connectivity index (χ3n) is 4.97. The second kappa shape index (κ2) is 8.31. The number of hydrazine groups is 1. The Kier molecular flexibility index (Phi) is 5.20. The van der Waals surface area contributed by atoms with E-state index in [0.29, 0.717) is 40.3 Å². The standard InChI is InChI=1S/C22H19N5O4S/c1-13-9-15(16-10-23-27(20(16)24-13)11-14-5-4-8-32-14)21(28)25-26-22(29)19-12-30-17-6-2-3-7-18(17)31-19/h2-10,19H,11-12H2,1H3,(H,25,28)(H,26,29)/t19-/m0/s1. The number of hydrogen-bond acceptors (Lipinski definition) is 7. The van der Waals surface area contributed by atoms with Crippen LogP contribution in [0.15, 0.2) is 54.0 Å². The third-order valence-corrected chi connectivity index (χ3v) is 5.83. The topological polar surface area (TPSA) is 107 Å². The highest BCUT2D eigenvalue weighted by Gasteiger charge is 2.28. The normalized spacial score (nSPS) is 14.8. The SMILES string of the molecule is Cc1cc(C(=O)NNC(=O)[C@@H]2COc3ccccc3O2)c2cnn(Cc3cccs3)c2n1. The van der Waals surface area contributed by atoms with Crippen LogP contribution in [0.2, 0.25) is 0 Å². The van der Waals surface area contributed by atoms with E-state index in [9.17, 15) is 9.59 Å². The van der Waals surface area contributed by atoms with Gasteiger partial charge in [0.25, 0.3) is 11.8 Å². The molecule has 3 aromatic heterocycles. The summed E-state index contributed by atoms with van der Waals surface area (Å²) in [6.45, 7) is 2.42. The maximum Gasteiger partial charge on any atom is 0.283 e. The number of rotatable bonds is 4. The number of nitrogens with zero attached hydrogens (tertiary/aromatic N) is 3. The number of benzene rings is 1. The Morgan fingerprint density at radius 3 is 2.84 bits per heavy atom. The Hall–Kier alpha value is -3.92. The van der Waals surface area contributed by atoms with Crippen LogP contribution in [-0.4, -0.2) is 39.3 Å². The summed E-state index contributed by atoms with van der Waals surface area (Å²) < 4.78 is 13.0. The summed E-state index contributed by atoms with van der Waals surface area (Å²) in [7, 11) is 0. The fourth-order valence-corrected chi connectivity index (χ4v) is 4.13. The average molecular weight is 449 g/mol. The van der Waals surface area contributed by atoms with E-state index in [1.165, 1.54) is 0 Å². The molecule has 1 aliphatic rings. The van der Waals surface area contributed by atoms with Crippen LogP contribution in [0.25, 0.3) is 11.0 Å². The molecule has 0 aliphatic carbocycles. The van der Waals surface area contributed by atoms with Crippen LogP contribution < -0.4 is 20.3 Å². The molecule has 10 heteroatoms. The van der Waals surface area contributed by atoms with Crippen molar-refractivity contribution in [2.24, 2.45) is 0 Å². The van der Waals surface area contributed by atoms with Gasteiger partial charge in [-0.05, 0) is 36.6 Å². The van der Waals surface area contributed by atoms with Crippen molar-refractivity contribution >= 4 is 34.2 Å². The molecule has 1 aliphatic heterocycles. The zero-order valence-corrected chi connectivity index (χ0v) is 17.9. The molecule has 0 saturated carbocycles. The van der Waals surface area contributed by atoms with Crippen molar-refractivity contribution in [2.45, 2.75) is 19.6 Å². The maximum atomic E-state index is 12.9. The molecule has 0 spiro atoms. The van der Waals surface area contributed by atoms with E-state index in [4.69, 9.17) is 9.47 Å².